The lowest BCUT2D eigenvalue weighted by atomic mass is 10.1. The Morgan fingerprint density at radius 1 is 1.42 bits per heavy atom. The zero-order valence-electron chi connectivity index (χ0n) is 10.8. The second kappa shape index (κ2) is 5.65. The van der Waals surface area contributed by atoms with Crippen LogP contribution in [0.1, 0.15) is 30.8 Å². The Morgan fingerprint density at radius 2 is 2.11 bits per heavy atom. The Bertz CT molecular complexity index is 563. The van der Waals surface area contributed by atoms with Crippen LogP contribution in [0.25, 0.3) is 11.3 Å². The molecule has 100 valence electrons. The number of rotatable bonds is 4. The second-order valence-corrected chi connectivity index (χ2v) is 4.37. The fraction of sp³-hybridized carbons (Fsp3) is 0.286. The van der Waals surface area contributed by atoms with E-state index in [2.05, 4.69) is 10.5 Å². The Balaban J connectivity index is 2.15. The van der Waals surface area contributed by atoms with E-state index in [1.165, 1.54) is 12.1 Å². The molecule has 0 spiro atoms. The fourth-order valence-corrected chi connectivity index (χ4v) is 1.54. The molecule has 0 aliphatic heterocycles. The summed E-state index contributed by atoms with van der Waals surface area (Å²) in [6.45, 7) is 3.89. The first-order valence-electron chi connectivity index (χ1n) is 6.13. The number of hydrogen-bond donors (Lipinski definition) is 1. The highest BCUT2D eigenvalue weighted by Gasteiger charge is 2.15. The van der Waals surface area contributed by atoms with E-state index < -0.39 is 0 Å². The van der Waals surface area contributed by atoms with Gasteiger partial charge in [0.2, 0.25) is 5.76 Å². The summed E-state index contributed by atoms with van der Waals surface area (Å²) >= 11 is 0. The summed E-state index contributed by atoms with van der Waals surface area (Å²) < 4.78 is 17.8. The highest BCUT2D eigenvalue weighted by Crippen LogP contribution is 2.19. The van der Waals surface area contributed by atoms with Crippen molar-refractivity contribution in [3.8, 4) is 11.3 Å². The molecule has 1 atom stereocenters. The van der Waals surface area contributed by atoms with E-state index in [9.17, 15) is 9.18 Å². The van der Waals surface area contributed by atoms with Crippen molar-refractivity contribution in [1.29, 1.82) is 0 Å². The normalized spacial score (nSPS) is 12.2. The minimum Gasteiger partial charge on any atom is -0.350 e. The number of carbonyl (C=O) groups is 1. The van der Waals surface area contributed by atoms with Crippen LogP contribution in [0.15, 0.2) is 34.9 Å². The molecular weight excluding hydrogens is 247 g/mol. The molecule has 0 saturated heterocycles. The van der Waals surface area contributed by atoms with E-state index in [-0.39, 0.29) is 23.5 Å². The maximum atomic E-state index is 12.8. The second-order valence-electron chi connectivity index (χ2n) is 4.37. The molecular formula is C14H15FN2O2. The molecule has 1 aromatic carbocycles. The van der Waals surface area contributed by atoms with Gasteiger partial charge in [0, 0.05) is 17.7 Å². The van der Waals surface area contributed by atoms with Crippen molar-refractivity contribution >= 4 is 5.91 Å². The third-order valence-corrected chi connectivity index (χ3v) is 2.86. The number of hydrogen-bond acceptors (Lipinski definition) is 3. The van der Waals surface area contributed by atoms with Crippen molar-refractivity contribution in [2.24, 2.45) is 0 Å². The highest BCUT2D eigenvalue weighted by atomic mass is 19.1. The lowest BCUT2D eigenvalue weighted by Crippen LogP contribution is -2.31. The molecule has 0 fully saturated rings. The molecule has 2 rings (SSSR count). The first-order chi connectivity index (χ1) is 9.10. The minimum atomic E-state index is -0.318. The lowest BCUT2D eigenvalue weighted by Gasteiger charge is -2.08. The van der Waals surface area contributed by atoms with E-state index in [0.717, 1.165) is 6.42 Å². The van der Waals surface area contributed by atoms with Gasteiger partial charge in [-0.05, 0) is 37.6 Å². The summed E-state index contributed by atoms with van der Waals surface area (Å²) in [7, 11) is 0. The molecule has 5 heteroatoms. The minimum absolute atomic E-state index is 0.0758. The maximum absolute atomic E-state index is 12.8. The van der Waals surface area contributed by atoms with E-state index in [4.69, 9.17) is 4.52 Å². The predicted octanol–water partition coefficient (Wildman–Crippen LogP) is 3.01. The Hall–Kier alpha value is -2.17. The van der Waals surface area contributed by atoms with Gasteiger partial charge in [0.05, 0.1) is 0 Å². The first kappa shape index (κ1) is 13.3. The van der Waals surface area contributed by atoms with E-state index in [1.54, 1.807) is 18.2 Å². The Morgan fingerprint density at radius 3 is 2.74 bits per heavy atom. The fourth-order valence-electron chi connectivity index (χ4n) is 1.54. The van der Waals surface area contributed by atoms with Crippen molar-refractivity contribution in [2.45, 2.75) is 26.3 Å². The number of halogens is 1. The number of benzene rings is 1. The van der Waals surface area contributed by atoms with Crippen LogP contribution in [0.3, 0.4) is 0 Å². The van der Waals surface area contributed by atoms with Gasteiger partial charge in [-0.1, -0.05) is 12.1 Å². The van der Waals surface area contributed by atoms with Gasteiger partial charge >= 0.3 is 0 Å². The average molecular weight is 262 g/mol. The first-order valence-corrected chi connectivity index (χ1v) is 6.13. The van der Waals surface area contributed by atoms with Crippen LogP contribution in [0.2, 0.25) is 0 Å². The molecule has 1 aromatic heterocycles. The average Bonchev–Trinajstić information content (AvgIpc) is 2.89. The number of nitrogens with one attached hydrogen (secondary N) is 1. The van der Waals surface area contributed by atoms with Crippen LogP contribution in [0.4, 0.5) is 4.39 Å². The van der Waals surface area contributed by atoms with Gasteiger partial charge in [0.15, 0.2) is 0 Å². The van der Waals surface area contributed by atoms with Crippen LogP contribution < -0.4 is 5.32 Å². The van der Waals surface area contributed by atoms with Crippen LogP contribution >= 0.6 is 0 Å². The summed E-state index contributed by atoms with van der Waals surface area (Å²) in [6.07, 6.45) is 0.838. The van der Waals surface area contributed by atoms with Gasteiger partial charge < -0.3 is 9.84 Å². The summed E-state index contributed by atoms with van der Waals surface area (Å²) in [5.41, 5.74) is 1.21. The predicted molar refractivity (Wildman–Crippen MR) is 69.1 cm³/mol. The third-order valence-electron chi connectivity index (χ3n) is 2.86. The van der Waals surface area contributed by atoms with Crippen molar-refractivity contribution in [2.75, 3.05) is 0 Å². The number of carbonyl (C=O) groups excluding carboxylic acids is 1. The quantitative estimate of drug-likeness (QED) is 0.921. The van der Waals surface area contributed by atoms with Gasteiger partial charge in [-0.25, -0.2) is 4.39 Å². The number of amides is 1. The number of aromatic nitrogens is 1. The van der Waals surface area contributed by atoms with Gasteiger partial charge in [-0.2, -0.15) is 0 Å². The molecule has 1 heterocycles. The van der Waals surface area contributed by atoms with Gasteiger partial charge in [-0.3, -0.25) is 4.79 Å². The summed E-state index contributed by atoms with van der Waals surface area (Å²) in [6, 6.07) is 7.47. The third kappa shape index (κ3) is 3.19. The molecule has 1 N–H and O–H groups in total. The summed E-state index contributed by atoms with van der Waals surface area (Å²) in [5, 5.41) is 6.60. The lowest BCUT2D eigenvalue weighted by molar-refractivity contribution is 0.0902. The van der Waals surface area contributed by atoms with E-state index in [0.29, 0.717) is 11.3 Å². The smallest absolute Gasteiger partial charge is 0.290 e. The molecule has 0 aliphatic carbocycles. The standard InChI is InChI=1S/C14H15FN2O2/c1-3-9(2)16-14(18)13-8-12(17-19-13)10-4-6-11(15)7-5-10/h4-9H,3H2,1-2H3,(H,16,18)/t9-/m0/s1. The molecule has 0 bridgehead atoms. The topological polar surface area (TPSA) is 55.1 Å². The van der Waals surface area contributed by atoms with Crippen molar-refractivity contribution in [1.82, 2.24) is 10.5 Å². The maximum Gasteiger partial charge on any atom is 0.290 e. The Kier molecular flexibility index (Phi) is 3.94. The largest absolute Gasteiger partial charge is 0.350 e. The molecule has 0 unspecified atom stereocenters. The van der Waals surface area contributed by atoms with Crippen LogP contribution in [0, 0.1) is 5.82 Å². The van der Waals surface area contributed by atoms with Gasteiger partial charge in [0.1, 0.15) is 11.5 Å². The number of nitrogens with zero attached hydrogens (tertiary/aromatic N) is 1. The van der Waals surface area contributed by atoms with Crippen LogP contribution in [0.5, 0.6) is 0 Å². The van der Waals surface area contributed by atoms with Crippen molar-refractivity contribution in [3.63, 3.8) is 0 Å². The summed E-state index contributed by atoms with van der Waals surface area (Å²) in [4.78, 5) is 11.8. The SMILES string of the molecule is CC[C@H](C)NC(=O)c1cc(-c2ccc(F)cc2)no1. The van der Waals surface area contributed by atoms with Crippen LogP contribution in [-0.2, 0) is 0 Å². The summed E-state index contributed by atoms with van der Waals surface area (Å²) in [5.74, 6) is -0.461. The monoisotopic (exact) mass is 262 g/mol. The molecule has 4 nitrogen and oxygen atoms in total. The van der Waals surface area contributed by atoms with E-state index >= 15 is 0 Å². The van der Waals surface area contributed by atoms with Gasteiger partial charge in [0.25, 0.3) is 5.91 Å². The highest BCUT2D eigenvalue weighted by molar-refractivity contribution is 5.92. The van der Waals surface area contributed by atoms with Crippen molar-refractivity contribution in [3.05, 3.63) is 41.9 Å². The van der Waals surface area contributed by atoms with Crippen LogP contribution in [-0.4, -0.2) is 17.1 Å². The molecule has 2 aromatic rings. The zero-order valence-corrected chi connectivity index (χ0v) is 10.8. The zero-order chi connectivity index (χ0) is 13.8. The van der Waals surface area contributed by atoms with E-state index in [1.807, 2.05) is 13.8 Å². The molecule has 0 aliphatic rings. The molecule has 0 saturated carbocycles. The molecule has 19 heavy (non-hydrogen) atoms. The van der Waals surface area contributed by atoms with Gasteiger partial charge in [-0.15, -0.1) is 0 Å². The van der Waals surface area contributed by atoms with Crippen molar-refractivity contribution < 1.29 is 13.7 Å². The molecule has 1 amide bonds. The molecule has 0 radical (unpaired) electrons. The Labute approximate surface area is 110 Å².